The van der Waals surface area contributed by atoms with E-state index in [0.717, 1.165) is 85.2 Å². The first-order valence-electron chi connectivity index (χ1n) is 14.9. The summed E-state index contributed by atoms with van der Waals surface area (Å²) in [5, 5.41) is 15.5. The maximum Gasteiger partial charge on any atom is 0.251 e. The lowest BCUT2D eigenvalue weighted by molar-refractivity contribution is -0.111. The average molecular weight is 590 g/mol. The van der Waals surface area contributed by atoms with E-state index in [2.05, 4.69) is 49.3 Å². The number of carbonyl (C=O) groups excluding carboxylic acids is 2. The molecule has 42 heavy (non-hydrogen) atoms. The molecule has 0 radical (unpaired) electrons. The topological polar surface area (TPSA) is 90.8 Å². The number of aryl methyl sites for hydroxylation is 4. The summed E-state index contributed by atoms with van der Waals surface area (Å²) in [4.78, 5) is 29.6. The summed E-state index contributed by atoms with van der Waals surface area (Å²) < 4.78 is 0. The predicted octanol–water partition coefficient (Wildman–Crippen LogP) is 7.24. The molecule has 1 heterocycles. The van der Waals surface area contributed by atoms with Gasteiger partial charge in [-0.3, -0.25) is 14.6 Å². The van der Waals surface area contributed by atoms with Gasteiger partial charge in [-0.25, -0.2) is 0 Å². The predicted molar refractivity (Wildman–Crippen MR) is 174 cm³/mol. The van der Waals surface area contributed by atoms with Gasteiger partial charge in [0.25, 0.3) is 5.91 Å². The van der Waals surface area contributed by atoms with Crippen molar-refractivity contribution in [2.24, 2.45) is 10.9 Å². The number of benzene rings is 2. The first-order chi connectivity index (χ1) is 20.2. The van der Waals surface area contributed by atoms with Gasteiger partial charge in [-0.05, 0) is 105 Å². The molecule has 0 aliphatic carbocycles. The average Bonchev–Trinajstić information content (AvgIpc) is 2.98. The van der Waals surface area contributed by atoms with Crippen molar-refractivity contribution in [2.75, 3.05) is 18.5 Å². The maximum absolute atomic E-state index is 12.7. The number of para-hydroxylation sites is 1. The molecule has 3 N–H and O–H groups in total. The quantitative estimate of drug-likeness (QED) is 0.203. The third kappa shape index (κ3) is 9.81. The molecule has 224 valence electrons. The third-order valence-corrected chi connectivity index (χ3v) is 7.84. The van der Waals surface area contributed by atoms with E-state index < -0.39 is 0 Å². The van der Waals surface area contributed by atoms with Crippen LogP contribution in [0.5, 0.6) is 0 Å². The molecule has 1 atom stereocenters. The van der Waals surface area contributed by atoms with Crippen LogP contribution < -0.4 is 10.6 Å². The van der Waals surface area contributed by atoms with E-state index in [1.807, 2.05) is 37.3 Å². The molecule has 1 aliphatic rings. The fourth-order valence-electron chi connectivity index (χ4n) is 5.14. The highest BCUT2D eigenvalue weighted by Crippen LogP contribution is 2.26. The highest BCUT2D eigenvalue weighted by molar-refractivity contribution is 6.43. The highest BCUT2D eigenvalue weighted by atomic mass is 35.5. The van der Waals surface area contributed by atoms with Crippen LogP contribution in [0.4, 0.5) is 5.69 Å². The number of halogens is 1. The smallest absolute Gasteiger partial charge is 0.251 e. The summed E-state index contributed by atoms with van der Waals surface area (Å²) in [6.07, 6.45) is 12.2. The van der Waals surface area contributed by atoms with Gasteiger partial charge in [0.15, 0.2) is 0 Å². The van der Waals surface area contributed by atoms with E-state index in [-0.39, 0.29) is 25.0 Å². The Labute approximate surface area is 255 Å². The molecule has 3 rings (SSSR count). The Hall–Kier alpha value is -3.48. The third-order valence-electron chi connectivity index (χ3n) is 7.49. The number of anilines is 1. The number of aliphatic hydroxyl groups is 1. The minimum atomic E-state index is -0.223. The van der Waals surface area contributed by atoms with Gasteiger partial charge >= 0.3 is 0 Å². The molecule has 6 nitrogen and oxygen atoms in total. The van der Waals surface area contributed by atoms with Gasteiger partial charge in [0.1, 0.15) is 0 Å². The van der Waals surface area contributed by atoms with Gasteiger partial charge in [-0.1, -0.05) is 68.4 Å². The maximum atomic E-state index is 12.7. The van der Waals surface area contributed by atoms with Crippen molar-refractivity contribution in [1.82, 2.24) is 5.32 Å². The van der Waals surface area contributed by atoms with Gasteiger partial charge in [0.05, 0.1) is 17.4 Å². The fraction of sp³-hybridized carbons (Fsp3) is 0.400. The standard InChI is InChI=1S/C35H44ClN3O3/c1-5-26-22-25(4)28(23-30(26)35(42)37-19-20-40)13-9-14-29-18-17-24(3)21-31(36)33(38-29)16-10-12-27-11-7-8-15-32(27)39-34(41)6-2/h6-8,11,15,18,21-24,40H,2,5,9-10,12-14,16-17,19-20H2,1,3-4H3,(H,37,42)(H,39,41)/b29-18+,31-21?,38-33?. The van der Waals surface area contributed by atoms with Crippen LogP contribution in [0.25, 0.3) is 0 Å². The second-order valence-corrected chi connectivity index (χ2v) is 11.2. The number of aliphatic hydroxyl groups excluding tert-OH is 1. The number of nitrogens with one attached hydrogen (secondary N) is 2. The molecule has 2 aromatic rings. The molecule has 0 bridgehead atoms. The Balaban J connectivity index is 1.69. The number of hydrogen-bond donors (Lipinski definition) is 3. The molecule has 0 saturated carbocycles. The van der Waals surface area contributed by atoms with Crippen molar-refractivity contribution >= 4 is 34.8 Å². The van der Waals surface area contributed by atoms with Gasteiger partial charge in [-0.2, -0.15) is 0 Å². The molecular weight excluding hydrogens is 546 g/mol. The summed E-state index contributed by atoms with van der Waals surface area (Å²) in [7, 11) is 0. The van der Waals surface area contributed by atoms with Gasteiger partial charge in [-0.15, -0.1) is 0 Å². The molecule has 1 unspecified atom stereocenters. The van der Waals surface area contributed by atoms with Crippen LogP contribution in [0, 0.1) is 12.8 Å². The summed E-state index contributed by atoms with van der Waals surface area (Å²) in [6.45, 7) is 10.0. The molecule has 0 fully saturated rings. The second kappa shape index (κ2) is 16.8. The summed E-state index contributed by atoms with van der Waals surface area (Å²) >= 11 is 6.76. The van der Waals surface area contributed by atoms with Crippen molar-refractivity contribution in [2.45, 2.75) is 72.1 Å². The zero-order valence-corrected chi connectivity index (χ0v) is 25.9. The minimum Gasteiger partial charge on any atom is -0.395 e. The van der Waals surface area contributed by atoms with E-state index >= 15 is 0 Å². The van der Waals surface area contributed by atoms with Gasteiger partial charge < -0.3 is 15.7 Å². The van der Waals surface area contributed by atoms with Crippen molar-refractivity contribution in [3.05, 3.63) is 99.8 Å². The monoisotopic (exact) mass is 589 g/mol. The number of hydrogen-bond acceptors (Lipinski definition) is 4. The molecular formula is C35H44ClN3O3. The largest absolute Gasteiger partial charge is 0.395 e. The van der Waals surface area contributed by atoms with E-state index in [9.17, 15) is 9.59 Å². The first-order valence-corrected chi connectivity index (χ1v) is 15.3. The minimum absolute atomic E-state index is 0.0808. The normalized spacial score (nSPS) is 16.3. The zero-order chi connectivity index (χ0) is 30.5. The Morgan fingerprint density at radius 3 is 2.57 bits per heavy atom. The SMILES string of the molecule is C=CC(=O)Nc1ccccc1CCCC1=N/C(CCCc2cc(C(=O)NCCO)c(CC)cc2C)=C/CC(C)C=C1Cl. The molecule has 0 saturated heterocycles. The number of rotatable bonds is 14. The Bertz CT molecular complexity index is 1360. The Morgan fingerprint density at radius 2 is 1.83 bits per heavy atom. The van der Waals surface area contributed by atoms with Crippen LogP contribution in [0.15, 0.2) is 76.9 Å². The molecule has 0 spiro atoms. The number of nitrogens with zero attached hydrogens (tertiary/aromatic N) is 1. The lowest BCUT2D eigenvalue weighted by atomic mass is 9.93. The summed E-state index contributed by atoms with van der Waals surface area (Å²) in [5.41, 5.74) is 7.86. The number of amides is 2. The summed E-state index contributed by atoms with van der Waals surface area (Å²) in [5.74, 6) is -0.0452. The van der Waals surface area contributed by atoms with Crippen molar-refractivity contribution in [3.63, 3.8) is 0 Å². The lowest BCUT2D eigenvalue weighted by Crippen LogP contribution is -2.27. The molecule has 2 aromatic carbocycles. The van der Waals surface area contributed by atoms with Crippen LogP contribution in [0.2, 0.25) is 0 Å². The Morgan fingerprint density at radius 1 is 1.10 bits per heavy atom. The van der Waals surface area contributed by atoms with E-state index in [1.165, 1.54) is 11.6 Å². The van der Waals surface area contributed by atoms with Gasteiger partial charge in [0, 0.05) is 23.5 Å². The van der Waals surface area contributed by atoms with E-state index in [4.69, 9.17) is 21.7 Å². The number of allylic oxidation sites excluding steroid dienone is 4. The lowest BCUT2D eigenvalue weighted by Gasteiger charge is -2.16. The summed E-state index contributed by atoms with van der Waals surface area (Å²) in [6, 6.07) is 11.9. The van der Waals surface area contributed by atoms with Crippen LogP contribution in [0.3, 0.4) is 0 Å². The second-order valence-electron chi connectivity index (χ2n) is 10.8. The van der Waals surface area contributed by atoms with E-state index in [0.29, 0.717) is 16.5 Å². The van der Waals surface area contributed by atoms with Crippen molar-refractivity contribution in [1.29, 1.82) is 0 Å². The highest BCUT2D eigenvalue weighted by Gasteiger charge is 2.15. The molecule has 2 amide bonds. The zero-order valence-electron chi connectivity index (χ0n) is 25.1. The fourth-order valence-corrected chi connectivity index (χ4v) is 5.49. The van der Waals surface area contributed by atoms with Gasteiger partial charge in [0.2, 0.25) is 5.91 Å². The number of aliphatic imine (C=N–C) groups is 1. The van der Waals surface area contributed by atoms with Crippen LogP contribution in [0.1, 0.15) is 78.6 Å². The van der Waals surface area contributed by atoms with Crippen LogP contribution in [-0.2, 0) is 24.1 Å². The van der Waals surface area contributed by atoms with E-state index in [1.54, 1.807) is 0 Å². The van der Waals surface area contributed by atoms with Crippen molar-refractivity contribution in [3.8, 4) is 0 Å². The van der Waals surface area contributed by atoms with Crippen LogP contribution in [-0.4, -0.2) is 35.8 Å². The Kier molecular flexibility index (Phi) is 13.2. The molecule has 1 aliphatic heterocycles. The molecule has 0 aromatic heterocycles. The first kappa shape index (κ1) is 33.0. The number of carbonyl (C=O) groups is 2. The molecule has 7 heteroatoms. The van der Waals surface area contributed by atoms with Crippen molar-refractivity contribution < 1.29 is 14.7 Å². The van der Waals surface area contributed by atoms with Crippen LogP contribution >= 0.6 is 11.6 Å².